The van der Waals surface area contributed by atoms with Crippen molar-refractivity contribution in [2.75, 3.05) is 10.8 Å². The average molecular weight is 518 g/mol. The van der Waals surface area contributed by atoms with Crippen LogP contribution in [0.25, 0.3) is 27.1 Å². The molecule has 6 nitrogen and oxygen atoms in total. The fourth-order valence-corrected chi connectivity index (χ4v) is 5.99. The average Bonchev–Trinajstić information content (AvgIpc) is 3.25. The third-order valence-electron chi connectivity index (χ3n) is 5.16. The molecule has 0 atom stereocenters. The van der Waals surface area contributed by atoms with E-state index in [2.05, 4.69) is 51.7 Å². The van der Waals surface area contributed by atoms with E-state index >= 15 is 0 Å². The molecule has 0 fully saturated rings. The normalized spacial score (nSPS) is 15.1. The highest BCUT2D eigenvalue weighted by atomic mass is 79.9. The number of aryl methyl sites for hydroxylation is 1. The second-order valence-corrected chi connectivity index (χ2v) is 10.6. The molecule has 1 aliphatic heterocycles. The van der Waals surface area contributed by atoms with Crippen molar-refractivity contribution >= 4 is 70.1 Å². The summed E-state index contributed by atoms with van der Waals surface area (Å²) in [6.07, 6.45) is 1.84. The highest BCUT2D eigenvalue weighted by molar-refractivity contribution is 9.10. The van der Waals surface area contributed by atoms with Crippen LogP contribution in [-0.2, 0) is 16.7 Å². The lowest BCUT2D eigenvalue weighted by atomic mass is 10.1. The number of halogens is 1. The molecule has 158 valence electrons. The minimum atomic E-state index is -4.27. The zero-order chi connectivity index (χ0) is 21.8. The molecule has 1 aromatic heterocycles. The molecule has 0 spiro atoms. The number of benzene rings is 3. The number of hydrogen-bond acceptors (Lipinski definition) is 5. The summed E-state index contributed by atoms with van der Waals surface area (Å²) in [5, 5.41) is 3.25. The van der Waals surface area contributed by atoms with E-state index in [4.69, 9.17) is 4.74 Å². The van der Waals surface area contributed by atoms with Gasteiger partial charge in [0, 0.05) is 4.47 Å². The van der Waals surface area contributed by atoms with E-state index in [0.717, 1.165) is 37.0 Å². The summed E-state index contributed by atoms with van der Waals surface area (Å²) in [7, 11) is -4.27. The van der Waals surface area contributed by atoms with Gasteiger partial charge in [-0.15, -0.1) is 0 Å². The molecule has 0 amide bonds. The van der Waals surface area contributed by atoms with Crippen LogP contribution < -0.4 is 14.2 Å². The fourth-order valence-electron chi connectivity index (χ4n) is 3.88. The van der Waals surface area contributed by atoms with Crippen molar-refractivity contribution in [3.63, 3.8) is 0 Å². The first kappa shape index (κ1) is 20.4. The zero-order valence-electron chi connectivity index (χ0n) is 16.4. The molecular formula is C22H18BrN2O4S2+. The Labute approximate surface area is 191 Å². The van der Waals surface area contributed by atoms with E-state index in [1.54, 1.807) is 23.5 Å². The predicted octanol–water partition coefficient (Wildman–Crippen LogP) is 5.17. The maximum absolute atomic E-state index is 11.7. The lowest BCUT2D eigenvalue weighted by Gasteiger charge is -2.15. The van der Waals surface area contributed by atoms with Gasteiger partial charge in [0.15, 0.2) is 11.6 Å². The highest BCUT2D eigenvalue weighted by Crippen LogP contribution is 2.42. The molecule has 0 bridgehead atoms. The Bertz CT molecular complexity index is 1480. The molecule has 0 saturated carbocycles. The summed E-state index contributed by atoms with van der Waals surface area (Å²) in [4.78, 5) is 1.47. The van der Waals surface area contributed by atoms with Crippen LogP contribution in [0.15, 0.2) is 65.0 Å². The number of aromatic nitrogens is 1. The Kier molecular flexibility index (Phi) is 5.01. The molecule has 31 heavy (non-hydrogen) atoms. The molecule has 0 radical (unpaired) electrons. The van der Waals surface area contributed by atoms with Gasteiger partial charge in [0.25, 0.3) is 15.1 Å². The van der Waals surface area contributed by atoms with Crippen LogP contribution in [0.1, 0.15) is 11.9 Å². The summed E-state index contributed by atoms with van der Waals surface area (Å²) in [5.74, 6) is 0.291. The Morgan fingerprint density at radius 1 is 1.19 bits per heavy atom. The Morgan fingerprint density at radius 2 is 2.00 bits per heavy atom. The molecule has 0 unspecified atom stereocenters. The lowest BCUT2D eigenvalue weighted by molar-refractivity contribution is -0.664. The van der Waals surface area contributed by atoms with Gasteiger partial charge in [0.05, 0.1) is 17.1 Å². The first-order valence-corrected chi connectivity index (χ1v) is 12.8. The highest BCUT2D eigenvalue weighted by Gasteiger charge is 2.32. The van der Waals surface area contributed by atoms with Crippen molar-refractivity contribution in [2.24, 2.45) is 0 Å². The van der Waals surface area contributed by atoms with Crippen molar-refractivity contribution in [2.45, 2.75) is 13.5 Å². The summed E-state index contributed by atoms with van der Waals surface area (Å²) < 4.78 is 43.0. The summed E-state index contributed by atoms with van der Waals surface area (Å²) in [6, 6.07) is 17.8. The van der Waals surface area contributed by atoms with Crippen molar-refractivity contribution in [1.82, 2.24) is 0 Å². The zero-order valence-corrected chi connectivity index (χ0v) is 19.7. The standard InChI is InChI=1S/C22H17BrN2O4S2/c1-2-24-21(30-19-10-7-14-5-3-4-6-16(14)22(19)24)12-20-25(13-31(26,27)28)17-11-15(23)8-9-18(17)29-20/h3-12H,2,13H2,1H3/p+1. The molecular weight excluding hydrogens is 500 g/mol. The van der Waals surface area contributed by atoms with Gasteiger partial charge >= 0.3 is 0 Å². The molecule has 9 heteroatoms. The monoisotopic (exact) mass is 517 g/mol. The largest absolute Gasteiger partial charge is 0.438 e. The van der Waals surface area contributed by atoms with E-state index in [1.807, 2.05) is 24.3 Å². The van der Waals surface area contributed by atoms with E-state index < -0.39 is 16.0 Å². The minimum absolute atomic E-state index is 0.351. The summed E-state index contributed by atoms with van der Waals surface area (Å²) >= 11 is 5.02. The Balaban J connectivity index is 1.69. The number of thiazole rings is 1. The van der Waals surface area contributed by atoms with E-state index in [1.165, 1.54) is 4.90 Å². The van der Waals surface area contributed by atoms with E-state index in [-0.39, 0.29) is 0 Å². The van der Waals surface area contributed by atoms with Gasteiger partial charge in [0.2, 0.25) is 11.4 Å². The molecule has 0 saturated heterocycles. The van der Waals surface area contributed by atoms with Crippen LogP contribution in [0.5, 0.6) is 5.75 Å². The van der Waals surface area contributed by atoms with Gasteiger partial charge in [-0.3, -0.25) is 9.45 Å². The Morgan fingerprint density at radius 3 is 2.77 bits per heavy atom. The second-order valence-electron chi connectivity index (χ2n) is 7.15. The number of hydrogen-bond donors (Lipinski definition) is 1. The molecule has 0 aliphatic carbocycles. The fraction of sp³-hybridized carbons (Fsp3) is 0.136. The SMILES string of the molecule is CC[n+]1c(C=C2Oc3ccc(Br)cc3N2CS(=O)(=O)O)sc2ccc3ccccc3c21. The van der Waals surface area contributed by atoms with Gasteiger partial charge in [-0.1, -0.05) is 51.5 Å². The van der Waals surface area contributed by atoms with Crippen molar-refractivity contribution in [1.29, 1.82) is 0 Å². The smallest absolute Gasteiger partial charge is 0.283 e. The molecule has 1 aliphatic rings. The third kappa shape index (κ3) is 3.71. The van der Waals surface area contributed by atoms with Crippen LogP contribution in [-0.4, -0.2) is 18.8 Å². The van der Waals surface area contributed by atoms with Gasteiger partial charge in [0.1, 0.15) is 11.2 Å². The first-order chi connectivity index (χ1) is 14.8. The van der Waals surface area contributed by atoms with Crippen molar-refractivity contribution in [3.8, 4) is 5.75 Å². The van der Waals surface area contributed by atoms with Gasteiger partial charge < -0.3 is 4.74 Å². The molecule has 3 aromatic carbocycles. The third-order valence-corrected chi connectivity index (χ3v) is 7.34. The number of ether oxygens (including phenoxy) is 1. The topological polar surface area (TPSA) is 70.7 Å². The second kappa shape index (κ2) is 7.59. The summed E-state index contributed by atoms with van der Waals surface area (Å²) in [5.41, 5.74) is 1.71. The number of nitrogens with zero attached hydrogens (tertiary/aromatic N) is 2. The van der Waals surface area contributed by atoms with Crippen LogP contribution >= 0.6 is 27.3 Å². The van der Waals surface area contributed by atoms with Crippen molar-refractivity contribution < 1.29 is 22.3 Å². The van der Waals surface area contributed by atoms with Crippen LogP contribution in [0.4, 0.5) is 5.69 Å². The first-order valence-electron chi connectivity index (χ1n) is 9.60. The van der Waals surface area contributed by atoms with Crippen LogP contribution in [0.3, 0.4) is 0 Å². The molecule has 2 heterocycles. The van der Waals surface area contributed by atoms with Gasteiger partial charge in [-0.2, -0.15) is 13.0 Å². The molecule has 1 N–H and O–H groups in total. The van der Waals surface area contributed by atoms with Gasteiger partial charge in [-0.25, -0.2) is 0 Å². The number of fused-ring (bicyclic) bond motifs is 4. The lowest BCUT2D eigenvalue weighted by Crippen LogP contribution is -2.34. The van der Waals surface area contributed by atoms with Crippen LogP contribution in [0, 0.1) is 0 Å². The Hall–Kier alpha value is -2.46. The maximum atomic E-state index is 11.7. The van der Waals surface area contributed by atoms with Gasteiger partial charge in [-0.05, 0) is 42.6 Å². The molecule has 5 rings (SSSR count). The van der Waals surface area contributed by atoms with Crippen LogP contribution in [0.2, 0.25) is 0 Å². The predicted molar refractivity (Wildman–Crippen MR) is 127 cm³/mol. The van der Waals surface area contributed by atoms with Crippen molar-refractivity contribution in [3.05, 3.63) is 70.0 Å². The summed E-state index contributed by atoms with van der Waals surface area (Å²) in [6.45, 7) is 2.82. The minimum Gasteiger partial charge on any atom is -0.438 e. The van der Waals surface area contributed by atoms with E-state index in [0.29, 0.717) is 17.3 Å². The number of anilines is 1. The quantitative estimate of drug-likeness (QED) is 0.298. The maximum Gasteiger partial charge on any atom is 0.283 e. The van der Waals surface area contributed by atoms with E-state index in [9.17, 15) is 13.0 Å². The number of rotatable bonds is 4. The molecule has 4 aromatic rings.